The highest BCUT2D eigenvalue weighted by Crippen LogP contribution is 2.32. The number of carbonyl (C=O) groups excluding carboxylic acids is 2. The monoisotopic (exact) mass is 466 g/mol. The van der Waals surface area contributed by atoms with Gasteiger partial charge in [0, 0.05) is 30.9 Å². The first-order valence-corrected chi connectivity index (χ1v) is 12.7. The van der Waals surface area contributed by atoms with Crippen molar-refractivity contribution in [1.82, 2.24) is 9.80 Å². The lowest BCUT2D eigenvalue weighted by molar-refractivity contribution is -0.137. The second-order valence-corrected chi connectivity index (χ2v) is 10.3. The Morgan fingerprint density at radius 2 is 1.67 bits per heavy atom. The van der Waals surface area contributed by atoms with Crippen molar-refractivity contribution in [2.75, 3.05) is 25.0 Å². The molecule has 0 spiro atoms. The van der Waals surface area contributed by atoms with Crippen molar-refractivity contribution in [2.24, 2.45) is 10.3 Å². The molecule has 2 fully saturated rings. The van der Waals surface area contributed by atoms with Crippen LogP contribution in [0.5, 0.6) is 0 Å². The molecule has 33 heavy (non-hydrogen) atoms. The van der Waals surface area contributed by atoms with Gasteiger partial charge in [-0.25, -0.2) is 0 Å². The molecule has 2 saturated heterocycles. The second-order valence-electron chi connectivity index (χ2n) is 8.72. The van der Waals surface area contributed by atoms with E-state index in [4.69, 9.17) is 0 Å². The third-order valence-electron chi connectivity index (χ3n) is 6.57. The Balaban J connectivity index is 1.31. The number of para-hydroxylation sites is 1. The van der Waals surface area contributed by atoms with Gasteiger partial charge in [-0.15, -0.1) is 4.40 Å². The number of rotatable bonds is 3. The third kappa shape index (κ3) is 4.13. The summed E-state index contributed by atoms with van der Waals surface area (Å²) in [5.41, 5.74) is 1.29. The molecule has 0 aliphatic carbocycles. The molecular formula is C24H26N4O4S. The number of hydrogen-bond donors (Lipinski definition) is 1. The van der Waals surface area contributed by atoms with Gasteiger partial charge >= 0.3 is 0 Å². The molecule has 8 nitrogen and oxygen atoms in total. The quantitative estimate of drug-likeness (QED) is 0.749. The Labute approximate surface area is 193 Å². The maximum atomic E-state index is 13.5. The predicted octanol–water partition coefficient (Wildman–Crippen LogP) is 2.48. The first kappa shape index (κ1) is 21.6. The predicted molar refractivity (Wildman–Crippen MR) is 124 cm³/mol. The highest BCUT2D eigenvalue weighted by molar-refractivity contribution is 7.90. The van der Waals surface area contributed by atoms with Crippen LogP contribution in [0.1, 0.15) is 31.2 Å². The van der Waals surface area contributed by atoms with Gasteiger partial charge in [-0.05, 0) is 49.9 Å². The highest BCUT2D eigenvalue weighted by Gasteiger charge is 2.41. The molecule has 172 valence electrons. The van der Waals surface area contributed by atoms with Crippen molar-refractivity contribution in [3.63, 3.8) is 0 Å². The van der Waals surface area contributed by atoms with Gasteiger partial charge in [0.25, 0.3) is 10.0 Å². The minimum absolute atomic E-state index is 0.0609. The van der Waals surface area contributed by atoms with Crippen LogP contribution < -0.4 is 5.32 Å². The lowest BCUT2D eigenvalue weighted by Crippen LogP contribution is -2.51. The fraction of sp³-hybridized carbons (Fsp3) is 0.375. The van der Waals surface area contributed by atoms with Gasteiger partial charge in [0.1, 0.15) is 10.9 Å². The van der Waals surface area contributed by atoms with E-state index in [1.165, 1.54) is 0 Å². The molecule has 2 atom stereocenters. The number of carbonyl (C=O) groups is 2. The summed E-state index contributed by atoms with van der Waals surface area (Å²) >= 11 is 0. The number of amides is 2. The number of fused-ring (bicyclic) bond motifs is 1. The van der Waals surface area contributed by atoms with Gasteiger partial charge in [0.15, 0.2) is 5.84 Å². The molecule has 1 unspecified atom stereocenters. The molecule has 2 amide bonds. The summed E-state index contributed by atoms with van der Waals surface area (Å²) in [6.45, 7) is 1.54. The van der Waals surface area contributed by atoms with Crippen LogP contribution in [-0.2, 0) is 19.6 Å². The van der Waals surface area contributed by atoms with E-state index in [2.05, 4.69) is 9.71 Å². The molecule has 2 aromatic rings. The van der Waals surface area contributed by atoms with Crippen LogP contribution in [0.25, 0.3) is 0 Å². The van der Waals surface area contributed by atoms with Crippen molar-refractivity contribution in [1.29, 1.82) is 0 Å². The number of nitrogens with one attached hydrogen (secondary N) is 1. The average molecular weight is 467 g/mol. The van der Waals surface area contributed by atoms with E-state index in [1.54, 1.807) is 29.2 Å². The van der Waals surface area contributed by atoms with E-state index in [9.17, 15) is 18.0 Å². The second kappa shape index (κ2) is 8.62. The minimum Gasteiger partial charge on any atom is -0.343 e. The number of hydrogen-bond acceptors (Lipinski definition) is 5. The first-order chi connectivity index (χ1) is 15.9. The number of nitrogens with zero attached hydrogens (tertiary/aromatic N) is 3. The van der Waals surface area contributed by atoms with Crippen LogP contribution in [0.15, 0.2) is 63.9 Å². The summed E-state index contributed by atoms with van der Waals surface area (Å²) in [5, 5.41) is 2.94. The smallest absolute Gasteiger partial charge is 0.285 e. The SMILES string of the molecule is O=C(Nc1ccccc1)C1CCCN(C(=O)[C@@H]2CCCN2C2=NS(=O)(=O)c3ccccc32)C1. The Morgan fingerprint density at radius 3 is 2.48 bits per heavy atom. The number of anilines is 1. The van der Waals surface area contributed by atoms with Gasteiger partial charge in [0.05, 0.1) is 5.92 Å². The van der Waals surface area contributed by atoms with Crippen molar-refractivity contribution < 1.29 is 18.0 Å². The van der Waals surface area contributed by atoms with E-state index >= 15 is 0 Å². The molecule has 1 N–H and O–H groups in total. The highest BCUT2D eigenvalue weighted by atomic mass is 32.2. The van der Waals surface area contributed by atoms with Gasteiger partial charge in [0.2, 0.25) is 11.8 Å². The number of likely N-dealkylation sites (tertiary alicyclic amines) is 2. The Bertz CT molecular complexity index is 1210. The number of amidine groups is 1. The van der Waals surface area contributed by atoms with Crippen LogP contribution in [0.3, 0.4) is 0 Å². The van der Waals surface area contributed by atoms with Crippen LogP contribution >= 0.6 is 0 Å². The number of benzene rings is 2. The third-order valence-corrected chi connectivity index (χ3v) is 7.89. The van der Waals surface area contributed by atoms with E-state index in [0.717, 1.165) is 24.9 Å². The van der Waals surface area contributed by atoms with Gasteiger partial charge in [-0.2, -0.15) is 8.42 Å². The van der Waals surface area contributed by atoms with Crippen LogP contribution in [0.2, 0.25) is 0 Å². The maximum Gasteiger partial charge on any atom is 0.285 e. The Morgan fingerprint density at radius 1 is 0.939 bits per heavy atom. The zero-order valence-corrected chi connectivity index (χ0v) is 19.0. The zero-order valence-electron chi connectivity index (χ0n) is 18.2. The molecule has 3 aliphatic heterocycles. The molecule has 2 aromatic carbocycles. The van der Waals surface area contributed by atoms with Crippen molar-refractivity contribution >= 4 is 33.4 Å². The zero-order chi connectivity index (χ0) is 23.0. The van der Waals surface area contributed by atoms with Crippen LogP contribution in [0.4, 0.5) is 5.69 Å². The lowest BCUT2D eigenvalue weighted by Gasteiger charge is -2.36. The van der Waals surface area contributed by atoms with Gasteiger partial charge in [-0.3, -0.25) is 9.59 Å². The van der Waals surface area contributed by atoms with Crippen LogP contribution in [0, 0.1) is 5.92 Å². The molecule has 5 rings (SSSR count). The number of piperidine rings is 1. The number of sulfonamides is 1. The summed E-state index contributed by atoms with van der Waals surface area (Å²) in [4.78, 5) is 30.1. The fourth-order valence-electron chi connectivity index (χ4n) is 4.94. The summed E-state index contributed by atoms with van der Waals surface area (Å²) in [6.07, 6.45) is 2.90. The van der Waals surface area contributed by atoms with E-state index in [-0.39, 0.29) is 22.6 Å². The molecule has 9 heteroatoms. The summed E-state index contributed by atoms with van der Waals surface area (Å²) < 4.78 is 29.0. The normalized spacial score (nSPS) is 23.7. The van der Waals surface area contributed by atoms with Gasteiger partial charge in [-0.1, -0.05) is 30.3 Å². The summed E-state index contributed by atoms with van der Waals surface area (Å²) in [5.74, 6) is -0.0594. The van der Waals surface area contributed by atoms with Crippen molar-refractivity contribution in [2.45, 2.75) is 36.6 Å². The minimum atomic E-state index is -3.75. The molecular weight excluding hydrogens is 440 g/mol. The van der Waals surface area contributed by atoms with Crippen LogP contribution in [-0.4, -0.2) is 61.5 Å². The van der Waals surface area contributed by atoms with Crippen molar-refractivity contribution in [3.8, 4) is 0 Å². The molecule has 3 aliphatic rings. The first-order valence-electron chi connectivity index (χ1n) is 11.3. The van der Waals surface area contributed by atoms with E-state index in [0.29, 0.717) is 37.5 Å². The summed E-state index contributed by atoms with van der Waals surface area (Å²) in [6, 6.07) is 15.6. The average Bonchev–Trinajstić information content (AvgIpc) is 3.42. The van der Waals surface area contributed by atoms with E-state index < -0.39 is 16.1 Å². The maximum absolute atomic E-state index is 13.5. The van der Waals surface area contributed by atoms with Gasteiger partial charge < -0.3 is 15.1 Å². The Hall–Kier alpha value is -3.20. The molecule has 0 saturated carbocycles. The lowest BCUT2D eigenvalue weighted by atomic mass is 9.96. The topological polar surface area (TPSA) is 99.2 Å². The molecule has 0 bridgehead atoms. The largest absolute Gasteiger partial charge is 0.343 e. The Kier molecular flexibility index (Phi) is 5.65. The molecule has 3 heterocycles. The molecule has 0 radical (unpaired) electrons. The van der Waals surface area contributed by atoms with Crippen molar-refractivity contribution in [3.05, 3.63) is 60.2 Å². The fourth-order valence-corrected chi connectivity index (χ4v) is 6.16. The van der Waals surface area contributed by atoms with E-state index in [1.807, 2.05) is 35.2 Å². The molecule has 0 aromatic heterocycles. The summed E-state index contributed by atoms with van der Waals surface area (Å²) in [7, 11) is -3.75. The standard InChI is InChI=1S/C24H26N4O4S/c29-23(25-18-9-2-1-3-10-18)17-8-6-14-27(16-17)24(30)20-12-7-15-28(20)22-19-11-4-5-13-21(19)33(31,32)26-22/h1-5,9-11,13,17,20H,6-8,12,14-16H2,(H,25,29)/t17?,20-/m0/s1.